The summed E-state index contributed by atoms with van der Waals surface area (Å²) in [4.78, 5) is 6.76. The Labute approximate surface area is 117 Å². The summed E-state index contributed by atoms with van der Waals surface area (Å²) in [6.45, 7) is 14.2. The van der Waals surface area contributed by atoms with Crippen LogP contribution in [0.2, 0.25) is 0 Å². The number of rotatable bonds is 10. The minimum Gasteiger partial charge on any atom is -0.313 e. The van der Waals surface area contributed by atoms with Gasteiger partial charge in [0.25, 0.3) is 0 Å². The van der Waals surface area contributed by atoms with Crippen LogP contribution in [0.1, 0.15) is 24.6 Å². The molecule has 0 aromatic carbocycles. The van der Waals surface area contributed by atoms with Crippen molar-refractivity contribution < 1.29 is 0 Å². The monoisotopic (exact) mass is 259 g/mol. The van der Waals surface area contributed by atoms with Crippen molar-refractivity contribution in [2.45, 2.75) is 26.4 Å². The first-order valence-corrected chi connectivity index (χ1v) is 6.88. The molecule has 0 aliphatic heterocycles. The molecule has 0 atom stereocenters. The van der Waals surface area contributed by atoms with E-state index in [2.05, 4.69) is 47.4 Å². The highest BCUT2D eigenvalue weighted by atomic mass is 15.1. The van der Waals surface area contributed by atoms with Gasteiger partial charge in [-0.1, -0.05) is 25.1 Å². The summed E-state index contributed by atoms with van der Waals surface area (Å²) in [5.41, 5.74) is 2.32. The van der Waals surface area contributed by atoms with Gasteiger partial charge < -0.3 is 5.32 Å². The second kappa shape index (κ2) is 9.48. The molecule has 0 bridgehead atoms. The summed E-state index contributed by atoms with van der Waals surface area (Å²) in [6, 6.07) is 4.24. The van der Waals surface area contributed by atoms with E-state index in [1.807, 2.05) is 18.3 Å². The molecule has 104 valence electrons. The van der Waals surface area contributed by atoms with Gasteiger partial charge in [0.1, 0.15) is 0 Å². The van der Waals surface area contributed by atoms with Gasteiger partial charge in [-0.25, -0.2) is 0 Å². The Morgan fingerprint density at radius 1 is 1.26 bits per heavy atom. The van der Waals surface area contributed by atoms with Crippen LogP contribution in [0, 0.1) is 0 Å². The lowest BCUT2D eigenvalue weighted by Gasteiger charge is -2.18. The molecule has 0 aliphatic carbocycles. The van der Waals surface area contributed by atoms with E-state index in [0.29, 0.717) is 0 Å². The standard InChI is InChI=1S/C16H25N3/c1-4-9-17-12-15-7-8-16(18-13-15)14-19(10-5-2)11-6-3/h5-8,13,17H,2-4,9-12,14H2,1H3. The summed E-state index contributed by atoms with van der Waals surface area (Å²) in [5, 5.41) is 3.38. The van der Waals surface area contributed by atoms with E-state index in [9.17, 15) is 0 Å². The van der Waals surface area contributed by atoms with Crippen LogP contribution in [0.15, 0.2) is 43.6 Å². The maximum Gasteiger partial charge on any atom is 0.0544 e. The third kappa shape index (κ3) is 6.32. The van der Waals surface area contributed by atoms with Crippen LogP contribution < -0.4 is 5.32 Å². The fourth-order valence-corrected chi connectivity index (χ4v) is 1.86. The Morgan fingerprint density at radius 3 is 2.53 bits per heavy atom. The molecule has 3 heteroatoms. The first kappa shape index (κ1) is 15.6. The second-order valence-electron chi connectivity index (χ2n) is 4.61. The van der Waals surface area contributed by atoms with E-state index in [1.165, 1.54) is 5.56 Å². The summed E-state index contributed by atoms with van der Waals surface area (Å²) >= 11 is 0. The molecule has 1 aromatic heterocycles. The summed E-state index contributed by atoms with van der Waals surface area (Å²) < 4.78 is 0. The van der Waals surface area contributed by atoms with Crippen LogP contribution in [0.4, 0.5) is 0 Å². The van der Waals surface area contributed by atoms with Crippen LogP contribution >= 0.6 is 0 Å². The average molecular weight is 259 g/mol. The highest BCUT2D eigenvalue weighted by molar-refractivity contribution is 5.14. The Morgan fingerprint density at radius 2 is 2.00 bits per heavy atom. The third-order valence-electron chi connectivity index (χ3n) is 2.80. The highest BCUT2D eigenvalue weighted by Gasteiger charge is 2.03. The van der Waals surface area contributed by atoms with Gasteiger partial charge in [-0.15, -0.1) is 13.2 Å². The molecule has 0 aliphatic rings. The van der Waals surface area contributed by atoms with Gasteiger partial charge in [0.2, 0.25) is 0 Å². The van der Waals surface area contributed by atoms with E-state index in [1.54, 1.807) is 0 Å². The van der Waals surface area contributed by atoms with Gasteiger partial charge >= 0.3 is 0 Å². The van der Waals surface area contributed by atoms with Gasteiger partial charge in [-0.2, -0.15) is 0 Å². The van der Waals surface area contributed by atoms with Crippen molar-refractivity contribution in [1.29, 1.82) is 0 Å². The van der Waals surface area contributed by atoms with Gasteiger partial charge in [0.05, 0.1) is 5.69 Å². The number of hydrogen-bond donors (Lipinski definition) is 1. The second-order valence-corrected chi connectivity index (χ2v) is 4.61. The van der Waals surface area contributed by atoms with Crippen LogP contribution in [0.25, 0.3) is 0 Å². The van der Waals surface area contributed by atoms with E-state index in [4.69, 9.17) is 0 Å². The molecule has 1 N–H and O–H groups in total. The highest BCUT2D eigenvalue weighted by Crippen LogP contribution is 2.04. The van der Waals surface area contributed by atoms with Crippen molar-refractivity contribution >= 4 is 0 Å². The molecule has 0 fully saturated rings. The molecule has 1 heterocycles. The van der Waals surface area contributed by atoms with Crippen LogP contribution in [0.3, 0.4) is 0 Å². The minimum absolute atomic E-state index is 0.834. The molecule has 19 heavy (non-hydrogen) atoms. The number of nitrogens with one attached hydrogen (secondary N) is 1. The average Bonchev–Trinajstić information content (AvgIpc) is 2.42. The van der Waals surface area contributed by atoms with Crippen molar-refractivity contribution in [2.24, 2.45) is 0 Å². The van der Waals surface area contributed by atoms with Crippen molar-refractivity contribution in [3.8, 4) is 0 Å². The predicted octanol–water partition coefficient (Wildman–Crippen LogP) is 2.76. The van der Waals surface area contributed by atoms with Crippen LogP contribution in [-0.2, 0) is 13.1 Å². The van der Waals surface area contributed by atoms with E-state index in [-0.39, 0.29) is 0 Å². The zero-order valence-corrected chi connectivity index (χ0v) is 11.9. The molecular formula is C16H25N3. The van der Waals surface area contributed by atoms with Crippen molar-refractivity contribution in [2.75, 3.05) is 19.6 Å². The zero-order valence-electron chi connectivity index (χ0n) is 11.9. The van der Waals surface area contributed by atoms with Gasteiger partial charge in [0.15, 0.2) is 0 Å². The largest absolute Gasteiger partial charge is 0.313 e. The van der Waals surface area contributed by atoms with E-state index >= 15 is 0 Å². The number of aromatic nitrogens is 1. The molecule has 0 saturated heterocycles. The first-order valence-electron chi connectivity index (χ1n) is 6.88. The molecule has 0 saturated carbocycles. The molecular weight excluding hydrogens is 234 g/mol. The Balaban J connectivity index is 2.49. The normalized spacial score (nSPS) is 10.6. The quantitative estimate of drug-likeness (QED) is 0.517. The maximum atomic E-state index is 4.51. The Kier molecular flexibility index (Phi) is 7.78. The summed E-state index contributed by atoms with van der Waals surface area (Å²) in [7, 11) is 0. The van der Waals surface area contributed by atoms with Crippen molar-refractivity contribution in [1.82, 2.24) is 15.2 Å². The fourth-order valence-electron chi connectivity index (χ4n) is 1.86. The number of nitrogens with zero attached hydrogens (tertiary/aromatic N) is 2. The third-order valence-corrected chi connectivity index (χ3v) is 2.80. The Hall–Kier alpha value is -1.45. The lowest BCUT2D eigenvalue weighted by molar-refractivity contribution is 0.323. The fraction of sp³-hybridized carbons (Fsp3) is 0.438. The maximum absolute atomic E-state index is 4.51. The van der Waals surface area contributed by atoms with E-state index in [0.717, 1.165) is 44.8 Å². The predicted molar refractivity (Wildman–Crippen MR) is 81.9 cm³/mol. The molecule has 0 unspecified atom stereocenters. The molecule has 1 aromatic rings. The molecule has 3 nitrogen and oxygen atoms in total. The van der Waals surface area contributed by atoms with Gasteiger partial charge in [-0.05, 0) is 24.6 Å². The zero-order chi connectivity index (χ0) is 13.9. The topological polar surface area (TPSA) is 28.2 Å². The van der Waals surface area contributed by atoms with Crippen molar-refractivity contribution in [3.63, 3.8) is 0 Å². The van der Waals surface area contributed by atoms with Gasteiger partial charge in [0, 0.05) is 32.4 Å². The number of hydrogen-bond acceptors (Lipinski definition) is 3. The van der Waals surface area contributed by atoms with Crippen LogP contribution in [-0.4, -0.2) is 29.5 Å². The lowest BCUT2D eigenvalue weighted by Crippen LogP contribution is -2.23. The molecule has 1 rings (SSSR count). The SMILES string of the molecule is C=CCN(CC=C)Cc1ccc(CNCCC)cn1. The van der Waals surface area contributed by atoms with Crippen LogP contribution in [0.5, 0.6) is 0 Å². The van der Waals surface area contributed by atoms with E-state index < -0.39 is 0 Å². The molecule has 0 amide bonds. The minimum atomic E-state index is 0.834. The lowest BCUT2D eigenvalue weighted by atomic mass is 10.2. The smallest absolute Gasteiger partial charge is 0.0544 e. The van der Waals surface area contributed by atoms with Crippen molar-refractivity contribution in [3.05, 3.63) is 54.9 Å². The summed E-state index contributed by atoms with van der Waals surface area (Å²) in [5.74, 6) is 0. The number of pyridine rings is 1. The van der Waals surface area contributed by atoms with Gasteiger partial charge in [-0.3, -0.25) is 9.88 Å². The molecule has 0 radical (unpaired) electrons. The Bertz CT molecular complexity index is 360. The summed E-state index contributed by atoms with van der Waals surface area (Å²) in [6.07, 6.45) is 6.93. The molecule has 0 spiro atoms. The first-order chi connectivity index (χ1) is 9.30.